The minimum absolute atomic E-state index is 0.0548. The van der Waals surface area contributed by atoms with Crippen molar-refractivity contribution in [2.75, 3.05) is 40.3 Å². The molecule has 0 unspecified atom stereocenters. The van der Waals surface area contributed by atoms with Crippen molar-refractivity contribution in [1.82, 2.24) is 20.9 Å². The van der Waals surface area contributed by atoms with Crippen LogP contribution in [-0.2, 0) is 14.4 Å². The van der Waals surface area contributed by atoms with Crippen molar-refractivity contribution in [2.45, 2.75) is 142 Å². The van der Waals surface area contributed by atoms with Gasteiger partial charge < -0.3 is 20.9 Å². The third-order valence-corrected chi connectivity index (χ3v) is 6.94. The minimum atomic E-state index is -0.106. The van der Waals surface area contributed by atoms with Gasteiger partial charge in [0.25, 0.3) is 0 Å². The van der Waals surface area contributed by atoms with Crippen LogP contribution in [0.25, 0.3) is 0 Å². The molecule has 0 aliphatic carbocycles. The van der Waals surface area contributed by atoms with E-state index in [0.29, 0.717) is 32.5 Å². The quantitative estimate of drug-likeness (QED) is 0.105. The molecule has 0 radical (unpaired) electrons. The zero-order valence-electron chi connectivity index (χ0n) is 25.3. The number of rotatable bonds is 28. The van der Waals surface area contributed by atoms with E-state index < -0.39 is 0 Å². The van der Waals surface area contributed by atoms with Gasteiger partial charge in [0.1, 0.15) is 0 Å². The Labute approximate surface area is 235 Å². The molecule has 0 aromatic rings. The second-order valence-electron chi connectivity index (χ2n) is 11.1. The van der Waals surface area contributed by atoms with Crippen LogP contribution in [0.1, 0.15) is 142 Å². The first kappa shape index (κ1) is 36.4. The Morgan fingerprint density at radius 3 is 1.29 bits per heavy atom. The molecule has 0 aliphatic heterocycles. The van der Waals surface area contributed by atoms with Crippen LogP contribution < -0.4 is 16.0 Å². The van der Waals surface area contributed by atoms with Gasteiger partial charge in [-0.1, -0.05) is 96.8 Å². The van der Waals surface area contributed by atoms with Gasteiger partial charge in [-0.2, -0.15) is 0 Å². The second-order valence-corrected chi connectivity index (χ2v) is 11.1. The summed E-state index contributed by atoms with van der Waals surface area (Å²) in [5.41, 5.74) is 0. The Balaban J connectivity index is 3.40. The van der Waals surface area contributed by atoms with Crippen LogP contribution in [0.15, 0.2) is 0 Å². The van der Waals surface area contributed by atoms with Gasteiger partial charge in [0.15, 0.2) is 0 Å². The fourth-order valence-corrected chi connectivity index (χ4v) is 4.47. The highest BCUT2D eigenvalue weighted by atomic mass is 16.2. The Hall–Kier alpha value is -1.63. The van der Waals surface area contributed by atoms with Crippen LogP contribution in [0.4, 0.5) is 0 Å². The van der Waals surface area contributed by atoms with E-state index in [-0.39, 0.29) is 30.6 Å². The summed E-state index contributed by atoms with van der Waals surface area (Å²) in [5, 5.41) is 8.69. The van der Waals surface area contributed by atoms with Gasteiger partial charge in [-0.15, -0.1) is 0 Å². The van der Waals surface area contributed by atoms with Crippen LogP contribution >= 0.6 is 0 Å². The average molecular weight is 539 g/mol. The van der Waals surface area contributed by atoms with Gasteiger partial charge in [-0.25, -0.2) is 0 Å². The molecule has 7 heteroatoms. The first-order valence-electron chi connectivity index (χ1n) is 15.9. The van der Waals surface area contributed by atoms with Crippen molar-refractivity contribution in [3.63, 3.8) is 0 Å². The Kier molecular flexibility index (Phi) is 27.2. The average Bonchev–Trinajstić information content (AvgIpc) is 2.89. The van der Waals surface area contributed by atoms with Crippen LogP contribution in [0, 0.1) is 0 Å². The molecule has 0 heterocycles. The summed E-state index contributed by atoms with van der Waals surface area (Å²) in [6.45, 7) is 5.20. The van der Waals surface area contributed by atoms with Gasteiger partial charge in [-0.05, 0) is 46.3 Å². The SMILES string of the molecule is CCCCCCCCCCCCCC(=O)NCCCNC(=O)CCC(=O)NCCCCCCCCN(C)C. The van der Waals surface area contributed by atoms with Crippen molar-refractivity contribution >= 4 is 17.7 Å². The minimum Gasteiger partial charge on any atom is -0.356 e. The monoisotopic (exact) mass is 538 g/mol. The van der Waals surface area contributed by atoms with E-state index in [0.717, 1.165) is 32.2 Å². The Morgan fingerprint density at radius 2 is 0.816 bits per heavy atom. The molecule has 0 aliphatic rings. The number of unbranched alkanes of at least 4 members (excludes halogenated alkanes) is 15. The lowest BCUT2D eigenvalue weighted by Crippen LogP contribution is -2.31. The van der Waals surface area contributed by atoms with E-state index in [1.165, 1.54) is 83.5 Å². The van der Waals surface area contributed by atoms with Crippen molar-refractivity contribution < 1.29 is 14.4 Å². The molecular weight excluding hydrogens is 476 g/mol. The van der Waals surface area contributed by atoms with Crippen molar-refractivity contribution in [2.24, 2.45) is 0 Å². The first-order chi connectivity index (χ1) is 18.5. The van der Waals surface area contributed by atoms with Gasteiger partial charge >= 0.3 is 0 Å². The largest absolute Gasteiger partial charge is 0.356 e. The molecular formula is C31H62N4O3. The molecule has 0 saturated carbocycles. The molecule has 3 N–H and O–H groups in total. The van der Waals surface area contributed by atoms with Gasteiger partial charge in [-0.3, -0.25) is 14.4 Å². The molecule has 0 fully saturated rings. The number of hydrogen-bond donors (Lipinski definition) is 3. The van der Waals surface area contributed by atoms with Crippen molar-refractivity contribution in [3.05, 3.63) is 0 Å². The van der Waals surface area contributed by atoms with Crippen molar-refractivity contribution in [1.29, 1.82) is 0 Å². The summed E-state index contributed by atoms with van der Waals surface area (Å²) in [7, 11) is 4.21. The third-order valence-electron chi connectivity index (χ3n) is 6.94. The van der Waals surface area contributed by atoms with Crippen LogP contribution in [0.2, 0.25) is 0 Å². The number of nitrogens with one attached hydrogen (secondary N) is 3. The Morgan fingerprint density at radius 1 is 0.447 bits per heavy atom. The summed E-state index contributed by atoms with van der Waals surface area (Å²) in [6, 6.07) is 0. The lowest BCUT2D eigenvalue weighted by Gasteiger charge is -2.09. The lowest BCUT2D eigenvalue weighted by atomic mass is 10.1. The summed E-state index contributed by atoms with van der Waals surface area (Å²) < 4.78 is 0. The number of nitrogens with zero attached hydrogens (tertiary/aromatic N) is 1. The molecule has 38 heavy (non-hydrogen) atoms. The third kappa shape index (κ3) is 28.9. The summed E-state index contributed by atoms with van der Waals surface area (Å²) in [4.78, 5) is 38.0. The number of amides is 3. The van der Waals surface area contributed by atoms with E-state index in [4.69, 9.17) is 0 Å². The highest BCUT2D eigenvalue weighted by Gasteiger charge is 2.06. The fraction of sp³-hybridized carbons (Fsp3) is 0.903. The highest BCUT2D eigenvalue weighted by molar-refractivity contribution is 5.83. The Bertz CT molecular complexity index is 569. The van der Waals surface area contributed by atoms with Gasteiger partial charge in [0.05, 0.1) is 0 Å². The molecule has 0 atom stereocenters. The maximum Gasteiger partial charge on any atom is 0.220 e. The van der Waals surface area contributed by atoms with Crippen molar-refractivity contribution in [3.8, 4) is 0 Å². The standard InChI is InChI=1S/C31H62N4O3/c1-4-5-6-7-8-9-10-11-12-15-18-22-29(36)33-26-21-27-34-31(38)24-23-30(37)32-25-19-16-13-14-17-20-28-35(2)3/h4-28H2,1-3H3,(H,32,37)(H,33,36)(H,34,38). The second kappa shape index (κ2) is 28.4. The zero-order chi connectivity index (χ0) is 28.1. The van der Waals surface area contributed by atoms with E-state index in [1.807, 2.05) is 0 Å². The predicted octanol–water partition coefficient (Wildman–Crippen LogP) is 6.11. The molecule has 224 valence electrons. The van der Waals surface area contributed by atoms with E-state index in [2.05, 4.69) is 41.9 Å². The predicted molar refractivity (Wildman–Crippen MR) is 160 cm³/mol. The maximum absolute atomic E-state index is 11.9. The molecule has 0 saturated heterocycles. The number of carbonyl (C=O) groups excluding carboxylic acids is 3. The molecule has 0 spiro atoms. The summed E-state index contributed by atoms with van der Waals surface area (Å²) in [6.07, 6.45) is 23.0. The van der Waals surface area contributed by atoms with Crippen LogP contribution in [0.5, 0.6) is 0 Å². The van der Waals surface area contributed by atoms with Crippen LogP contribution in [0.3, 0.4) is 0 Å². The topological polar surface area (TPSA) is 90.5 Å². The summed E-state index contributed by atoms with van der Waals surface area (Å²) in [5.74, 6) is -0.0563. The zero-order valence-corrected chi connectivity index (χ0v) is 25.3. The van der Waals surface area contributed by atoms with E-state index in [9.17, 15) is 14.4 Å². The molecule has 3 amide bonds. The van der Waals surface area contributed by atoms with Gasteiger partial charge in [0.2, 0.25) is 17.7 Å². The van der Waals surface area contributed by atoms with E-state index >= 15 is 0 Å². The number of carbonyl (C=O) groups is 3. The normalized spacial score (nSPS) is 11.1. The molecule has 0 aromatic heterocycles. The first-order valence-corrected chi connectivity index (χ1v) is 15.9. The maximum atomic E-state index is 11.9. The smallest absolute Gasteiger partial charge is 0.220 e. The lowest BCUT2D eigenvalue weighted by molar-refractivity contribution is -0.126. The van der Waals surface area contributed by atoms with Crippen LogP contribution in [-0.4, -0.2) is 62.9 Å². The molecule has 0 rings (SSSR count). The van der Waals surface area contributed by atoms with E-state index in [1.54, 1.807) is 0 Å². The fourth-order valence-electron chi connectivity index (χ4n) is 4.47. The summed E-state index contributed by atoms with van der Waals surface area (Å²) >= 11 is 0. The number of hydrogen-bond acceptors (Lipinski definition) is 4. The molecule has 7 nitrogen and oxygen atoms in total. The molecule has 0 bridgehead atoms. The highest BCUT2D eigenvalue weighted by Crippen LogP contribution is 2.12. The molecule has 0 aromatic carbocycles. The van der Waals surface area contributed by atoms with Gasteiger partial charge in [0, 0.05) is 38.9 Å².